The Bertz CT molecular complexity index is 474. The van der Waals surface area contributed by atoms with E-state index in [1.165, 1.54) is 0 Å². The van der Waals surface area contributed by atoms with Crippen LogP contribution in [0.2, 0.25) is 0 Å². The fraction of sp³-hybridized carbons (Fsp3) is 0.500. The van der Waals surface area contributed by atoms with Crippen molar-refractivity contribution in [2.75, 3.05) is 6.61 Å². The van der Waals surface area contributed by atoms with Crippen LogP contribution in [0.1, 0.15) is 42.3 Å². The third-order valence-electron chi connectivity index (χ3n) is 3.18. The topological polar surface area (TPSA) is 55.4 Å². The predicted octanol–water partition coefficient (Wildman–Crippen LogP) is 2.62. The van der Waals surface area contributed by atoms with Crippen LogP contribution in [-0.4, -0.2) is 24.5 Å². The van der Waals surface area contributed by atoms with Gasteiger partial charge in [0.15, 0.2) is 6.61 Å². The quantitative estimate of drug-likeness (QED) is 0.842. The first-order valence-corrected chi connectivity index (χ1v) is 6.84. The first-order valence-electron chi connectivity index (χ1n) is 6.84. The van der Waals surface area contributed by atoms with E-state index in [1.807, 2.05) is 40.7 Å². The molecule has 1 aromatic rings. The number of amides is 1. The molecule has 0 spiro atoms. The summed E-state index contributed by atoms with van der Waals surface area (Å²) >= 11 is 0. The van der Waals surface area contributed by atoms with E-state index in [0.29, 0.717) is 11.5 Å². The van der Waals surface area contributed by atoms with Crippen molar-refractivity contribution in [2.24, 2.45) is 5.92 Å². The lowest BCUT2D eigenvalue weighted by atomic mass is 10.1. The molecule has 0 fully saturated rings. The molecule has 1 aromatic carbocycles. The molecule has 1 N–H and O–H groups in total. The molecule has 4 nitrogen and oxygen atoms in total. The van der Waals surface area contributed by atoms with Gasteiger partial charge in [-0.2, -0.15) is 0 Å². The minimum atomic E-state index is -0.468. The lowest BCUT2D eigenvalue weighted by Gasteiger charge is -2.17. The minimum absolute atomic E-state index is 0.0578. The Hall–Kier alpha value is -1.84. The number of ether oxygens (including phenoxy) is 1. The van der Waals surface area contributed by atoms with Gasteiger partial charge < -0.3 is 10.1 Å². The highest BCUT2D eigenvalue weighted by atomic mass is 16.5. The molecule has 0 aliphatic carbocycles. The second kappa shape index (κ2) is 7.08. The smallest absolute Gasteiger partial charge is 0.338 e. The van der Waals surface area contributed by atoms with Gasteiger partial charge in [-0.25, -0.2) is 4.79 Å². The lowest BCUT2D eigenvalue weighted by Crippen LogP contribution is -2.38. The number of rotatable bonds is 5. The van der Waals surface area contributed by atoms with Crippen molar-refractivity contribution in [2.45, 2.75) is 40.7 Å². The number of benzene rings is 1. The average Bonchev–Trinajstić information content (AvgIpc) is 2.34. The summed E-state index contributed by atoms with van der Waals surface area (Å²) < 4.78 is 5.03. The molecule has 0 saturated carbocycles. The van der Waals surface area contributed by atoms with Crippen LogP contribution in [0.15, 0.2) is 18.2 Å². The Balaban J connectivity index is 2.53. The molecular formula is C16H23NO3. The number of nitrogens with one attached hydrogen (secondary N) is 1. The van der Waals surface area contributed by atoms with Crippen LogP contribution in [-0.2, 0) is 9.53 Å². The summed E-state index contributed by atoms with van der Waals surface area (Å²) in [5.74, 6) is -0.401. The van der Waals surface area contributed by atoms with Crippen molar-refractivity contribution in [3.63, 3.8) is 0 Å². The van der Waals surface area contributed by atoms with Crippen molar-refractivity contribution in [3.8, 4) is 0 Å². The Labute approximate surface area is 120 Å². The number of carbonyl (C=O) groups is 2. The Morgan fingerprint density at radius 1 is 1.10 bits per heavy atom. The number of esters is 1. The van der Waals surface area contributed by atoms with Crippen LogP contribution in [0.25, 0.3) is 0 Å². The van der Waals surface area contributed by atoms with E-state index < -0.39 is 5.97 Å². The van der Waals surface area contributed by atoms with Crippen molar-refractivity contribution in [3.05, 3.63) is 34.9 Å². The maximum absolute atomic E-state index is 11.9. The molecule has 0 aromatic heterocycles. The van der Waals surface area contributed by atoms with Gasteiger partial charge in [-0.1, -0.05) is 31.0 Å². The van der Waals surface area contributed by atoms with E-state index in [-0.39, 0.29) is 18.6 Å². The minimum Gasteiger partial charge on any atom is -0.452 e. The maximum atomic E-state index is 11.9. The van der Waals surface area contributed by atoms with Gasteiger partial charge in [0.1, 0.15) is 0 Å². The summed E-state index contributed by atoms with van der Waals surface area (Å²) in [5, 5.41) is 2.79. The van der Waals surface area contributed by atoms with Crippen LogP contribution in [0.5, 0.6) is 0 Å². The monoisotopic (exact) mass is 277 g/mol. The van der Waals surface area contributed by atoms with Crippen LogP contribution in [0.4, 0.5) is 0 Å². The van der Waals surface area contributed by atoms with Crippen LogP contribution in [0.3, 0.4) is 0 Å². The van der Waals surface area contributed by atoms with E-state index >= 15 is 0 Å². The van der Waals surface area contributed by atoms with E-state index in [4.69, 9.17) is 4.74 Å². The number of hydrogen-bond acceptors (Lipinski definition) is 3. The van der Waals surface area contributed by atoms with E-state index in [1.54, 1.807) is 12.1 Å². The highest BCUT2D eigenvalue weighted by Crippen LogP contribution is 2.10. The maximum Gasteiger partial charge on any atom is 0.338 e. The summed E-state index contributed by atoms with van der Waals surface area (Å²) in [5.41, 5.74) is 2.47. The van der Waals surface area contributed by atoms with Crippen molar-refractivity contribution in [1.82, 2.24) is 5.32 Å². The van der Waals surface area contributed by atoms with Gasteiger partial charge in [0.05, 0.1) is 5.56 Å². The SMILES string of the molecule is Cc1cc(C)cc(C(=O)OCC(=O)N[C@@H](C)C(C)C)c1. The molecule has 0 aliphatic rings. The lowest BCUT2D eigenvalue weighted by molar-refractivity contribution is -0.125. The molecule has 110 valence electrons. The molecule has 0 saturated heterocycles. The van der Waals surface area contributed by atoms with Crippen molar-refractivity contribution >= 4 is 11.9 Å². The number of hydrogen-bond donors (Lipinski definition) is 1. The average molecular weight is 277 g/mol. The summed E-state index contributed by atoms with van der Waals surface area (Å²) in [4.78, 5) is 23.5. The largest absolute Gasteiger partial charge is 0.452 e. The zero-order valence-corrected chi connectivity index (χ0v) is 12.8. The molecule has 1 atom stereocenters. The highest BCUT2D eigenvalue weighted by molar-refractivity contribution is 5.91. The van der Waals surface area contributed by atoms with E-state index in [0.717, 1.165) is 11.1 Å². The molecule has 20 heavy (non-hydrogen) atoms. The predicted molar refractivity (Wildman–Crippen MR) is 78.6 cm³/mol. The van der Waals surface area contributed by atoms with E-state index in [2.05, 4.69) is 5.32 Å². The van der Waals surface area contributed by atoms with E-state index in [9.17, 15) is 9.59 Å². The van der Waals surface area contributed by atoms with Crippen LogP contribution in [0, 0.1) is 19.8 Å². The third kappa shape index (κ3) is 5.03. The number of aryl methyl sites for hydroxylation is 2. The van der Waals surface area contributed by atoms with Gasteiger partial charge in [-0.3, -0.25) is 4.79 Å². The second-order valence-electron chi connectivity index (χ2n) is 5.55. The summed E-state index contributed by atoms with van der Waals surface area (Å²) in [6, 6.07) is 5.55. The zero-order valence-electron chi connectivity index (χ0n) is 12.8. The van der Waals surface area contributed by atoms with Gasteiger partial charge in [0.2, 0.25) is 0 Å². The van der Waals surface area contributed by atoms with Gasteiger partial charge in [-0.15, -0.1) is 0 Å². The standard InChI is InChI=1S/C16H23NO3/c1-10(2)13(5)17-15(18)9-20-16(19)14-7-11(3)6-12(4)8-14/h6-8,10,13H,9H2,1-5H3,(H,17,18)/t13-/m0/s1. The van der Waals surface area contributed by atoms with Gasteiger partial charge in [-0.05, 0) is 38.8 Å². The molecule has 1 rings (SSSR count). The summed E-state index contributed by atoms with van der Waals surface area (Å²) in [6.45, 7) is 9.55. The normalized spacial score (nSPS) is 12.1. The van der Waals surface area contributed by atoms with Gasteiger partial charge in [0, 0.05) is 6.04 Å². The highest BCUT2D eigenvalue weighted by Gasteiger charge is 2.14. The second-order valence-corrected chi connectivity index (χ2v) is 5.55. The zero-order chi connectivity index (χ0) is 15.3. The third-order valence-corrected chi connectivity index (χ3v) is 3.18. The van der Waals surface area contributed by atoms with Crippen molar-refractivity contribution < 1.29 is 14.3 Å². The molecular weight excluding hydrogens is 254 g/mol. The molecule has 0 bridgehead atoms. The molecule has 0 radical (unpaired) electrons. The number of carbonyl (C=O) groups excluding carboxylic acids is 2. The van der Waals surface area contributed by atoms with Crippen LogP contribution >= 0.6 is 0 Å². The summed E-state index contributed by atoms with van der Waals surface area (Å²) in [6.07, 6.45) is 0. The van der Waals surface area contributed by atoms with Gasteiger partial charge in [0.25, 0.3) is 5.91 Å². The van der Waals surface area contributed by atoms with Crippen molar-refractivity contribution in [1.29, 1.82) is 0 Å². The molecule has 1 amide bonds. The fourth-order valence-electron chi connectivity index (χ4n) is 1.77. The van der Waals surface area contributed by atoms with Crippen LogP contribution < -0.4 is 5.32 Å². The molecule has 4 heteroatoms. The molecule has 0 heterocycles. The Kier molecular flexibility index (Phi) is 5.74. The fourth-order valence-corrected chi connectivity index (χ4v) is 1.77. The Morgan fingerprint density at radius 2 is 1.65 bits per heavy atom. The molecule has 0 aliphatic heterocycles. The summed E-state index contributed by atoms with van der Waals surface area (Å²) in [7, 11) is 0. The van der Waals surface area contributed by atoms with Gasteiger partial charge >= 0.3 is 5.97 Å². The Morgan fingerprint density at radius 3 is 2.15 bits per heavy atom. The first-order chi connectivity index (χ1) is 9.29. The first kappa shape index (κ1) is 16.2. The molecule has 0 unspecified atom stereocenters.